The van der Waals surface area contributed by atoms with Gasteiger partial charge in [0.05, 0.1) is 5.69 Å². The summed E-state index contributed by atoms with van der Waals surface area (Å²) in [6, 6.07) is 9.26. The van der Waals surface area contributed by atoms with Gasteiger partial charge < -0.3 is 16.0 Å². The van der Waals surface area contributed by atoms with Gasteiger partial charge in [-0.1, -0.05) is 6.07 Å². The van der Waals surface area contributed by atoms with Crippen LogP contribution in [0.3, 0.4) is 0 Å². The zero-order chi connectivity index (χ0) is 20.4. The maximum atomic E-state index is 14.2. The Morgan fingerprint density at radius 3 is 2.62 bits per heavy atom. The summed E-state index contributed by atoms with van der Waals surface area (Å²) in [5.41, 5.74) is 3.80. The summed E-state index contributed by atoms with van der Waals surface area (Å²) >= 11 is 0. The second-order valence-electron chi connectivity index (χ2n) is 7.45. The van der Waals surface area contributed by atoms with E-state index in [4.69, 9.17) is 0 Å². The van der Waals surface area contributed by atoms with E-state index in [2.05, 4.69) is 37.8 Å². The first-order chi connectivity index (χ1) is 14.0. The summed E-state index contributed by atoms with van der Waals surface area (Å²) in [7, 11) is 0. The molecule has 0 bridgehead atoms. The lowest BCUT2D eigenvalue weighted by Gasteiger charge is -2.18. The lowest BCUT2D eigenvalue weighted by Crippen LogP contribution is -2.19. The van der Waals surface area contributed by atoms with Crippen LogP contribution >= 0.6 is 0 Å². The molecule has 3 N–H and O–H groups in total. The van der Waals surface area contributed by atoms with E-state index >= 15 is 0 Å². The molecule has 3 heterocycles. The Morgan fingerprint density at radius 2 is 1.83 bits per heavy atom. The molecule has 0 aliphatic carbocycles. The highest BCUT2D eigenvalue weighted by molar-refractivity contribution is 5.63. The Balaban J connectivity index is 1.44. The van der Waals surface area contributed by atoms with Crippen LogP contribution < -0.4 is 16.0 Å². The molecular formula is C22H25FN6. The lowest BCUT2D eigenvalue weighted by atomic mass is 9.89. The Hall–Kier alpha value is -3.22. The average Bonchev–Trinajstić information content (AvgIpc) is 3.03. The fourth-order valence-corrected chi connectivity index (χ4v) is 3.96. The van der Waals surface area contributed by atoms with Gasteiger partial charge in [0.2, 0.25) is 0 Å². The molecule has 1 aliphatic rings. The molecule has 150 valence electrons. The Morgan fingerprint density at radius 1 is 1.07 bits per heavy atom. The van der Waals surface area contributed by atoms with Crippen LogP contribution in [-0.4, -0.2) is 27.5 Å². The summed E-state index contributed by atoms with van der Waals surface area (Å²) in [6.07, 6.45) is 4.34. The van der Waals surface area contributed by atoms with E-state index in [1.54, 1.807) is 12.4 Å². The van der Waals surface area contributed by atoms with Crippen molar-refractivity contribution in [3.8, 4) is 0 Å². The number of fused-ring (bicyclic) bond motifs is 1. The second-order valence-corrected chi connectivity index (χ2v) is 7.45. The lowest BCUT2D eigenvalue weighted by molar-refractivity contribution is 0.596. The molecule has 1 aromatic carbocycles. The van der Waals surface area contributed by atoms with Gasteiger partial charge in [0, 0.05) is 42.7 Å². The number of anilines is 4. The van der Waals surface area contributed by atoms with E-state index in [0.29, 0.717) is 11.5 Å². The van der Waals surface area contributed by atoms with Gasteiger partial charge in [0.15, 0.2) is 0 Å². The van der Waals surface area contributed by atoms with Crippen LogP contribution in [0.15, 0.2) is 42.7 Å². The molecule has 2 atom stereocenters. The van der Waals surface area contributed by atoms with E-state index in [9.17, 15) is 4.39 Å². The van der Waals surface area contributed by atoms with Crippen LogP contribution in [0.1, 0.15) is 36.2 Å². The van der Waals surface area contributed by atoms with Gasteiger partial charge in [-0.3, -0.25) is 4.98 Å². The number of nitrogens with zero attached hydrogens (tertiary/aromatic N) is 3. The molecule has 1 aliphatic heterocycles. The van der Waals surface area contributed by atoms with E-state index in [-0.39, 0.29) is 17.8 Å². The van der Waals surface area contributed by atoms with Crippen molar-refractivity contribution < 1.29 is 4.39 Å². The fraction of sp³-hybridized carbons (Fsp3) is 0.318. The first kappa shape index (κ1) is 19.1. The number of rotatable bonds is 6. The summed E-state index contributed by atoms with van der Waals surface area (Å²) in [4.78, 5) is 12.9. The predicted octanol–water partition coefficient (Wildman–Crippen LogP) is 4.77. The minimum absolute atomic E-state index is 0.175. The van der Waals surface area contributed by atoms with Crippen LogP contribution in [0.4, 0.5) is 27.4 Å². The first-order valence-electron chi connectivity index (χ1n) is 9.83. The minimum atomic E-state index is -0.175. The topological polar surface area (TPSA) is 74.8 Å². The van der Waals surface area contributed by atoms with Gasteiger partial charge in [-0.2, -0.15) is 0 Å². The zero-order valence-corrected chi connectivity index (χ0v) is 16.8. The molecule has 6 nitrogen and oxygen atoms in total. The van der Waals surface area contributed by atoms with Gasteiger partial charge >= 0.3 is 0 Å². The SMILES string of the molecule is Cc1nc(NCCC2c3c(C)ccc(F)c3NC2C)cc(Nc2ccncc2)n1. The van der Waals surface area contributed by atoms with Crippen LogP contribution in [0.2, 0.25) is 0 Å². The number of aromatic nitrogens is 3. The van der Waals surface area contributed by atoms with E-state index in [1.807, 2.05) is 38.1 Å². The van der Waals surface area contributed by atoms with Gasteiger partial charge in [-0.15, -0.1) is 0 Å². The molecule has 4 rings (SSSR count). The summed E-state index contributed by atoms with van der Waals surface area (Å²) in [5, 5.41) is 9.97. The Bertz CT molecular complexity index is 1010. The second kappa shape index (κ2) is 8.03. The van der Waals surface area contributed by atoms with Crippen molar-refractivity contribution in [2.24, 2.45) is 0 Å². The number of pyridine rings is 1. The monoisotopic (exact) mass is 392 g/mol. The van der Waals surface area contributed by atoms with Crippen molar-refractivity contribution in [2.75, 3.05) is 22.5 Å². The van der Waals surface area contributed by atoms with Crippen molar-refractivity contribution in [1.82, 2.24) is 15.0 Å². The van der Waals surface area contributed by atoms with Crippen LogP contribution in [0, 0.1) is 19.7 Å². The summed E-state index contributed by atoms with van der Waals surface area (Å²) in [6.45, 7) is 6.75. The van der Waals surface area contributed by atoms with Crippen molar-refractivity contribution in [3.63, 3.8) is 0 Å². The Kier molecular flexibility index (Phi) is 5.29. The molecular weight excluding hydrogens is 367 g/mol. The third-order valence-electron chi connectivity index (χ3n) is 5.31. The third-order valence-corrected chi connectivity index (χ3v) is 5.31. The van der Waals surface area contributed by atoms with Crippen molar-refractivity contribution in [1.29, 1.82) is 0 Å². The van der Waals surface area contributed by atoms with Gasteiger partial charge in [-0.05, 0) is 56.5 Å². The highest BCUT2D eigenvalue weighted by Gasteiger charge is 2.32. The molecule has 7 heteroatoms. The number of hydrogen-bond acceptors (Lipinski definition) is 6. The molecule has 3 aromatic rings. The number of benzene rings is 1. The molecule has 0 fully saturated rings. The summed E-state index contributed by atoms with van der Waals surface area (Å²) < 4.78 is 14.2. The molecule has 0 amide bonds. The third kappa shape index (κ3) is 4.13. The van der Waals surface area contributed by atoms with Crippen LogP contribution in [-0.2, 0) is 0 Å². The van der Waals surface area contributed by atoms with E-state index < -0.39 is 0 Å². The largest absolute Gasteiger partial charge is 0.379 e. The van der Waals surface area contributed by atoms with Gasteiger partial charge in [-0.25, -0.2) is 14.4 Å². The van der Waals surface area contributed by atoms with Gasteiger partial charge in [0.25, 0.3) is 0 Å². The first-order valence-corrected chi connectivity index (χ1v) is 9.83. The number of nitrogens with one attached hydrogen (secondary N) is 3. The highest BCUT2D eigenvalue weighted by Crippen LogP contribution is 2.41. The number of aryl methyl sites for hydroxylation is 2. The van der Waals surface area contributed by atoms with Crippen LogP contribution in [0.25, 0.3) is 0 Å². The highest BCUT2D eigenvalue weighted by atomic mass is 19.1. The maximum Gasteiger partial charge on any atom is 0.146 e. The van der Waals surface area contributed by atoms with Crippen LogP contribution in [0.5, 0.6) is 0 Å². The predicted molar refractivity (Wildman–Crippen MR) is 114 cm³/mol. The van der Waals surface area contributed by atoms with E-state index in [1.165, 1.54) is 6.07 Å². The Labute approximate surface area is 170 Å². The number of hydrogen-bond donors (Lipinski definition) is 3. The van der Waals surface area contributed by atoms with Crippen molar-refractivity contribution in [2.45, 2.75) is 39.2 Å². The van der Waals surface area contributed by atoms with Crippen molar-refractivity contribution >= 4 is 23.0 Å². The normalized spacial score (nSPS) is 17.5. The minimum Gasteiger partial charge on any atom is -0.379 e. The molecule has 29 heavy (non-hydrogen) atoms. The molecule has 0 saturated heterocycles. The summed E-state index contributed by atoms with van der Waals surface area (Å²) in [5.74, 6) is 2.26. The van der Waals surface area contributed by atoms with Crippen molar-refractivity contribution in [3.05, 3.63) is 65.5 Å². The standard InChI is InChI=1S/C22H25FN6/c1-13-4-5-18(23)22-21(13)17(14(2)26-22)8-11-25-19-12-20(28-15(3)27-19)29-16-6-9-24-10-7-16/h4-7,9-10,12,14,17,26H,8,11H2,1-3H3,(H2,24,25,27,28,29). The fourth-order valence-electron chi connectivity index (χ4n) is 3.96. The number of halogens is 1. The van der Waals surface area contributed by atoms with E-state index in [0.717, 1.165) is 41.4 Å². The maximum absolute atomic E-state index is 14.2. The molecule has 0 spiro atoms. The molecule has 2 unspecified atom stereocenters. The zero-order valence-electron chi connectivity index (χ0n) is 16.8. The molecule has 0 radical (unpaired) electrons. The average molecular weight is 392 g/mol. The molecule has 0 saturated carbocycles. The molecule has 2 aromatic heterocycles. The van der Waals surface area contributed by atoms with Gasteiger partial charge in [0.1, 0.15) is 23.3 Å². The quantitative estimate of drug-likeness (QED) is 0.561. The smallest absolute Gasteiger partial charge is 0.146 e.